The molecule has 10 heteroatoms. The molecule has 35 heavy (non-hydrogen) atoms. The number of halogens is 4. The largest absolute Gasteiger partial charge is 0.480 e. The predicted molar refractivity (Wildman–Crippen MR) is 120 cm³/mol. The number of ether oxygens (including phenoxy) is 1. The number of aryl methyl sites for hydroxylation is 3. The SMILES string of the molecule is O=C(NC(CCOCCCCc1ccc2c(n1)CCCC2)C(=O)O)c1cc(F)cc(C(F)(F)F)c1. The number of benzene rings is 1. The van der Waals surface area contributed by atoms with Gasteiger partial charge in [-0.25, -0.2) is 9.18 Å². The predicted octanol–water partition coefficient (Wildman–Crippen LogP) is 4.73. The molecule has 1 heterocycles. The maximum atomic E-state index is 13.5. The number of nitrogens with one attached hydrogen (secondary N) is 1. The Morgan fingerprint density at radius 3 is 2.60 bits per heavy atom. The number of amides is 1. The van der Waals surface area contributed by atoms with E-state index in [9.17, 15) is 32.3 Å². The molecular formula is C25H28F4N2O4. The van der Waals surface area contributed by atoms with Crippen LogP contribution in [0, 0.1) is 5.82 Å². The second kappa shape index (κ2) is 12.1. The lowest BCUT2D eigenvalue weighted by molar-refractivity contribution is -0.140. The number of hydrogen-bond acceptors (Lipinski definition) is 4. The van der Waals surface area contributed by atoms with Crippen LogP contribution in [0.5, 0.6) is 0 Å². The Morgan fingerprint density at radius 1 is 1.09 bits per heavy atom. The van der Waals surface area contributed by atoms with Gasteiger partial charge in [0.05, 0.1) is 5.56 Å². The van der Waals surface area contributed by atoms with E-state index in [1.807, 2.05) is 0 Å². The normalized spacial score (nSPS) is 14.3. The van der Waals surface area contributed by atoms with Gasteiger partial charge in [0, 0.05) is 36.6 Å². The summed E-state index contributed by atoms with van der Waals surface area (Å²) in [6.07, 6.45) is 1.98. The molecule has 0 saturated carbocycles. The zero-order chi connectivity index (χ0) is 25.4. The minimum atomic E-state index is -4.84. The van der Waals surface area contributed by atoms with Gasteiger partial charge >= 0.3 is 12.1 Å². The van der Waals surface area contributed by atoms with E-state index >= 15 is 0 Å². The van der Waals surface area contributed by atoms with Gasteiger partial charge in [0.15, 0.2) is 0 Å². The van der Waals surface area contributed by atoms with Gasteiger partial charge in [-0.3, -0.25) is 9.78 Å². The van der Waals surface area contributed by atoms with Crippen molar-refractivity contribution >= 4 is 11.9 Å². The molecule has 2 N–H and O–H groups in total. The number of pyridine rings is 1. The van der Waals surface area contributed by atoms with Crippen molar-refractivity contribution in [3.63, 3.8) is 0 Å². The molecule has 0 radical (unpaired) electrons. The van der Waals surface area contributed by atoms with Crippen molar-refractivity contribution in [1.29, 1.82) is 0 Å². The van der Waals surface area contributed by atoms with Gasteiger partial charge in [-0.15, -0.1) is 0 Å². The molecule has 0 fully saturated rings. The first kappa shape index (κ1) is 26.6. The lowest BCUT2D eigenvalue weighted by atomic mass is 9.95. The molecule has 1 aromatic carbocycles. The highest BCUT2D eigenvalue weighted by Gasteiger charge is 2.32. The average molecular weight is 497 g/mol. The molecule has 3 rings (SSSR count). The highest BCUT2D eigenvalue weighted by Crippen LogP contribution is 2.30. The molecule has 0 spiro atoms. The number of fused-ring (bicyclic) bond motifs is 1. The van der Waals surface area contributed by atoms with E-state index in [4.69, 9.17) is 9.72 Å². The third kappa shape index (κ3) is 8.02. The van der Waals surface area contributed by atoms with Crippen molar-refractivity contribution in [2.75, 3.05) is 13.2 Å². The fourth-order valence-electron chi connectivity index (χ4n) is 3.96. The monoisotopic (exact) mass is 496 g/mol. The van der Waals surface area contributed by atoms with Gasteiger partial charge in [0.2, 0.25) is 0 Å². The summed E-state index contributed by atoms with van der Waals surface area (Å²) in [4.78, 5) is 28.4. The second-order valence-electron chi connectivity index (χ2n) is 8.56. The Hall–Kier alpha value is -3.01. The molecule has 6 nitrogen and oxygen atoms in total. The average Bonchev–Trinajstić information content (AvgIpc) is 2.81. The van der Waals surface area contributed by atoms with Gasteiger partial charge < -0.3 is 15.2 Å². The Kier molecular flexibility index (Phi) is 9.20. The Labute approximate surface area is 200 Å². The summed E-state index contributed by atoms with van der Waals surface area (Å²) < 4.78 is 57.5. The lowest BCUT2D eigenvalue weighted by Crippen LogP contribution is -2.41. The summed E-state index contributed by atoms with van der Waals surface area (Å²) >= 11 is 0. The number of rotatable bonds is 11. The quantitative estimate of drug-likeness (QED) is 0.347. The number of carboxylic acid groups (broad SMARTS) is 1. The van der Waals surface area contributed by atoms with Crippen LogP contribution < -0.4 is 5.32 Å². The van der Waals surface area contributed by atoms with Crippen LogP contribution in [0.15, 0.2) is 30.3 Å². The van der Waals surface area contributed by atoms with Crippen molar-refractivity contribution in [2.45, 2.75) is 63.6 Å². The van der Waals surface area contributed by atoms with E-state index in [2.05, 4.69) is 17.4 Å². The van der Waals surface area contributed by atoms with Gasteiger partial charge in [0.25, 0.3) is 5.91 Å². The number of alkyl halides is 3. The summed E-state index contributed by atoms with van der Waals surface area (Å²) in [6.45, 7) is 0.426. The van der Waals surface area contributed by atoms with Crippen molar-refractivity contribution in [3.05, 3.63) is 64.2 Å². The van der Waals surface area contributed by atoms with Crippen molar-refractivity contribution in [3.8, 4) is 0 Å². The molecule has 1 atom stereocenters. The van der Waals surface area contributed by atoms with E-state index in [-0.39, 0.29) is 19.1 Å². The third-order valence-electron chi connectivity index (χ3n) is 5.85. The maximum absolute atomic E-state index is 13.5. The fourth-order valence-corrected chi connectivity index (χ4v) is 3.96. The third-order valence-corrected chi connectivity index (χ3v) is 5.85. The van der Waals surface area contributed by atoms with Gasteiger partial charge in [-0.05, 0) is 74.8 Å². The van der Waals surface area contributed by atoms with Crippen LogP contribution in [0.4, 0.5) is 17.6 Å². The van der Waals surface area contributed by atoms with Crippen LogP contribution in [0.1, 0.15) is 65.0 Å². The first-order valence-electron chi connectivity index (χ1n) is 11.6. The topological polar surface area (TPSA) is 88.5 Å². The van der Waals surface area contributed by atoms with E-state index in [1.54, 1.807) is 0 Å². The van der Waals surface area contributed by atoms with Gasteiger partial charge in [0.1, 0.15) is 11.9 Å². The zero-order valence-electron chi connectivity index (χ0n) is 19.2. The number of carbonyl (C=O) groups excluding carboxylic acids is 1. The van der Waals surface area contributed by atoms with Crippen molar-refractivity contribution < 1.29 is 37.0 Å². The molecule has 1 amide bonds. The first-order chi connectivity index (χ1) is 16.6. The number of hydrogen-bond donors (Lipinski definition) is 2. The number of nitrogens with zero attached hydrogens (tertiary/aromatic N) is 1. The smallest absolute Gasteiger partial charge is 0.416 e. The second-order valence-corrected chi connectivity index (χ2v) is 8.56. The summed E-state index contributed by atoms with van der Waals surface area (Å²) in [5.41, 5.74) is 1.63. The van der Waals surface area contributed by atoms with Crippen LogP contribution in [-0.4, -0.2) is 41.2 Å². The zero-order valence-corrected chi connectivity index (χ0v) is 19.2. The van der Waals surface area contributed by atoms with Crippen LogP contribution in [-0.2, 0) is 35.0 Å². The Morgan fingerprint density at radius 2 is 1.86 bits per heavy atom. The summed E-state index contributed by atoms with van der Waals surface area (Å²) in [5.74, 6) is -3.72. The molecular weight excluding hydrogens is 468 g/mol. The molecule has 0 aliphatic heterocycles. The van der Waals surface area contributed by atoms with E-state index in [0.29, 0.717) is 18.7 Å². The van der Waals surface area contributed by atoms with Crippen molar-refractivity contribution in [1.82, 2.24) is 10.3 Å². The molecule has 1 aromatic heterocycles. The standard InChI is InChI=1S/C25H28F4N2O4/c26-19-14-17(13-18(15-19)25(27,28)29)23(32)31-22(24(33)34)10-12-35-11-4-3-6-20-9-8-16-5-1-2-7-21(16)30-20/h8-9,13-15,22H,1-7,10-12H2,(H,31,32)(H,33,34). The Balaban J connectivity index is 1.40. The lowest BCUT2D eigenvalue weighted by Gasteiger charge is -2.16. The maximum Gasteiger partial charge on any atom is 0.416 e. The first-order valence-corrected chi connectivity index (χ1v) is 11.6. The molecule has 1 unspecified atom stereocenters. The van der Waals surface area contributed by atoms with Crippen LogP contribution in [0.25, 0.3) is 0 Å². The molecule has 0 bridgehead atoms. The van der Waals surface area contributed by atoms with Crippen LogP contribution >= 0.6 is 0 Å². The number of unbranched alkanes of at least 4 members (excludes halogenated alkanes) is 1. The highest BCUT2D eigenvalue weighted by molar-refractivity contribution is 5.96. The number of aromatic nitrogens is 1. The van der Waals surface area contributed by atoms with E-state index < -0.39 is 41.0 Å². The molecule has 2 aromatic rings. The van der Waals surface area contributed by atoms with Crippen LogP contribution in [0.2, 0.25) is 0 Å². The summed E-state index contributed by atoms with van der Waals surface area (Å²) in [6, 6.07) is 4.19. The van der Waals surface area contributed by atoms with Gasteiger partial charge in [-0.2, -0.15) is 13.2 Å². The van der Waals surface area contributed by atoms with E-state index in [0.717, 1.165) is 37.8 Å². The van der Waals surface area contributed by atoms with Gasteiger partial charge in [-0.1, -0.05) is 6.07 Å². The minimum Gasteiger partial charge on any atom is -0.480 e. The van der Waals surface area contributed by atoms with Crippen LogP contribution in [0.3, 0.4) is 0 Å². The Bertz CT molecular complexity index is 1040. The fraction of sp³-hybridized carbons (Fsp3) is 0.480. The number of aliphatic carboxylic acids is 1. The highest BCUT2D eigenvalue weighted by atomic mass is 19.4. The van der Waals surface area contributed by atoms with E-state index in [1.165, 1.54) is 24.1 Å². The number of carboxylic acids is 1. The van der Waals surface area contributed by atoms with Crippen molar-refractivity contribution in [2.24, 2.45) is 0 Å². The minimum absolute atomic E-state index is 0.0330. The summed E-state index contributed by atoms with van der Waals surface area (Å²) in [7, 11) is 0. The number of carbonyl (C=O) groups is 2. The molecule has 190 valence electrons. The molecule has 1 aliphatic carbocycles. The summed E-state index contributed by atoms with van der Waals surface area (Å²) in [5, 5.41) is 11.5. The molecule has 0 saturated heterocycles. The molecule has 1 aliphatic rings.